The molecule has 2 aromatic heterocycles. The van der Waals surface area contributed by atoms with Crippen LogP contribution in [0.25, 0.3) is 17.5 Å². The molecule has 3 heterocycles. The molecule has 1 amide bonds. The predicted molar refractivity (Wildman–Crippen MR) is 120 cm³/mol. The van der Waals surface area contributed by atoms with E-state index in [0.29, 0.717) is 24.6 Å². The fourth-order valence-corrected chi connectivity index (χ4v) is 4.29. The minimum atomic E-state index is 0.0174. The molecule has 31 heavy (non-hydrogen) atoms. The lowest BCUT2D eigenvalue weighted by Gasteiger charge is -2.33. The van der Waals surface area contributed by atoms with E-state index in [0.717, 1.165) is 41.7 Å². The molecule has 0 atom stereocenters. The number of rotatable bonds is 7. The summed E-state index contributed by atoms with van der Waals surface area (Å²) in [4.78, 5) is 21.5. The lowest BCUT2D eigenvalue weighted by atomic mass is 10.2. The number of nitrogens with zero attached hydrogens (tertiary/aromatic N) is 3. The highest BCUT2D eigenvalue weighted by molar-refractivity contribution is 7.09. The van der Waals surface area contributed by atoms with Crippen LogP contribution in [-0.4, -0.2) is 61.1 Å². The lowest BCUT2D eigenvalue weighted by molar-refractivity contribution is -0.127. The Morgan fingerprint density at radius 3 is 2.68 bits per heavy atom. The molecule has 4 rings (SSSR count). The summed E-state index contributed by atoms with van der Waals surface area (Å²) >= 11 is 1.64. The minimum absolute atomic E-state index is 0.0174. The van der Waals surface area contributed by atoms with E-state index in [-0.39, 0.29) is 5.91 Å². The molecule has 8 heteroatoms. The van der Waals surface area contributed by atoms with E-state index in [1.807, 2.05) is 46.7 Å². The largest absolute Gasteiger partial charge is 0.493 e. The topological polar surface area (TPSA) is 68.0 Å². The van der Waals surface area contributed by atoms with Gasteiger partial charge in [-0.15, -0.1) is 11.3 Å². The summed E-state index contributed by atoms with van der Waals surface area (Å²) in [7, 11) is 3.20. The summed E-state index contributed by atoms with van der Waals surface area (Å²) in [5.74, 6) is 2.12. The number of methoxy groups -OCH3 is 2. The van der Waals surface area contributed by atoms with Gasteiger partial charge in [0.2, 0.25) is 5.91 Å². The van der Waals surface area contributed by atoms with Crippen molar-refractivity contribution in [2.24, 2.45) is 0 Å². The van der Waals surface area contributed by atoms with Crippen molar-refractivity contribution in [2.45, 2.75) is 6.54 Å². The van der Waals surface area contributed by atoms with Crippen LogP contribution in [0.3, 0.4) is 0 Å². The Labute approximate surface area is 185 Å². The molecular formula is C23H25N3O4S. The normalized spacial score (nSPS) is 14.8. The van der Waals surface area contributed by atoms with Crippen LogP contribution in [0, 0.1) is 0 Å². The molecule has 162 valence electrons. The minimum Gasteiger partial charge on any atom is -0.493 e. The first-order valence-corrected chi connectivity index (χ1v) is 10.9. The van der Waals surface area contributed by atoms with Gasteiger partial charge in [-0.1, -0.05) is 6.07 Å². The quantitative estimate of drug-likeness (QED) is 0.522. The average Bonchev–Trinajstić information content (AvgIpc) is 3.50. The van der Waals surface area contributed by atoms with Crippen LogP contribution in [0.2, 0.25) is 0 Å². The molecule has 0 saturated carbocycles. The van der Waals surface area contributed by atoms with Gasteiger partial charge in [-0.2, -0.15) is 0 Å². The number of benzene rings is 1. The van der Waals surface area contributed by atoms with E-state index in [1.165, 1.54) is 0 Å². The van der Waals surface area contributed by atoms with Crippen molar-refractivity contribution < 1.29 is 18.7 Å². The second-order valence-corrected chi connectivity index (χ2v) is 8.10. The number of carbonyl (C=O) groups excluding carboxylic acids is 1. The molecule has 3 aromatic rings. The highest BCUT2D eigenvalue weighted by atomic mass is 32.1. The first kappa shape index (κ1) is 21.1. The van der Waals surface area contributed by atoms with Crippen LogP contribution in [-0.2, 0) is 11.3 Å². The van der Waals surface area contributed by atoms with Gasteiger partial charge in [0.05, 0.1) is 27.0 Å². The van der Waals surface area contributed by atoms with Crippen molar-refractivity contribution in [1.82, 2.24) is 14.8 Å². The maximum Gasteiger partial charge on any atom is 0.246 e. The van der Waals surface area contributed by atoms with Gasteiger partial charge in [0.25, 0.3) is 0 Å². The van der Waals surface area contributed by atoms with Gasteiger partial charge in [0.15, 0.2) is 17.3 Å². The number of carbonyl (C=O) groups is 1. The van der Waals surface area contributed by atoms with E-state index in [2.05, 4.69) is 9.88 Å². The first-order valence-electron chi connectivity index (χ1n) is 10.1. The molecule has 0 bridgehead atoms. The third kappa shape index (κ3) is 5.15. The van der Waals surface area contributed by atoms with Crippen molar-refractivity contribution in [3.8, 4) is 23.0 Å². The van der Waals surface area contributed by atoms with Crippen molar-refractivity contribution >= 4 is 23.3 Å². The fourth-order valence-electron chi connectivity index (χ4n) is 3.47. The highest BCUT2D eigenvalue weighted by Gasteiger charge is 2.20. The van der Waals surface area contributed by atoms with Gasteiger partial charge in [0.1, 0.15) is 10.7 Å². The van der Waals surface area contributed by atoms with Gasteiger partial charge < -0.3 is 18.8 Å². The molecular weight excluding hydrogens is 414 g/mol. The second kappa shape index (κ2) is 9.80. The molecule has 0 radical (unpaired) electrons. The number of amides is 1. The van der Waals surface area contributed by atoms with E-state index < -0.39 is 0 Å². The summed E-state index contributed by atoms with van der Waals surface area (Å²) in [6.45, 7) is 3.84. The summed E-state index contributed by atoms with van der Waals surface area (Å²) in [5.41, 5.74) is 1.76. The summed E-state index contributed by atoms with van der Waals surface area (Å²) in [6, 6.07) is 9.36. The summed E-state index contributed by atoms with van der Waals surface area (Å²) in [6.07, 6.45) is 5.08. The van der Waals surface area contributed by atoms with E-state index in [9.17, 15) is 4.79 Å². The van der Waals surface area contributed by atoms with E-state index in [1.54, 1.807) is 37.9 Å². The molecule has 1 saturated heterocycles. The lowest BCUT2D eigenvalue weighted by Crippen LogP contribution is -2.47. The van der Waals surface area contributed by atoms with Crippen LogP contribution in [0.4, 0.5) is 0 Å². The Balaban J connectivity index is 1.28. The fraction of sp³-hybridized carbons (Fsp3) is 0.304. The van der Waals surface area contributed by atoms with Gasteiger partial charge >= 0.3 is 0 Å². The number of hydrogen-bond acceptors (Lipinski definition) is 7. The summed E-state index contributed by atoms with van der Waals surface area (Å²) < 4.78 is 16.0. The number of hydrogen-bond donors (Lipinski definition) is 0. The smallest absolute Gasteiger partial charge is 0.246 e. The number of thiazole rings is 1. The maximum atomic E-state index is 12.6. The van der Waals surface area contributed by atoms with Crippen molar-refractivity contribution in [3.63, 3.8) is 0 Å². The third-order valence-corrected chi connectivity index (χ3v) is 6.03. The molecule has 0 aliphatic carbocycles. The van der Waals surface area contributed by atoms with Crippen molar-refractivity contribution in [2.75, 3.05) is 40.4 Å². The van der Waals surface area contributed by atoms with Gasteiger partial charge in [-0.05, 0) is 35.9 Å². The Bertz CT molecular complexity index is 1040. The number of piperazine rings is 1. The Morgan fingerprint density at radius 2 is 1.97 bits per heavy atom. The molecule has 1 fully saturated rings. The van der Waals surface area contributed by atoms with Gasteiger partial charge in [0, 0.05) is 37.6 Å². The van der Waals surface area contributed by atoms with Crippen molar-refractivity contribution in [1.29, 1.82) is 0 Å². The van der Waals surface area contributed by atoms with E-state index >= 15 is 0 Å². The predicted octanol–water partition coefficient (Wildman–Crippen LogP) is 3.78. The number of ether oxygens (including phenoxy) is 2. The third-order valence-electron chi connectivity index (χ3n) is 5.19. The van der Waals surface area contributed by atoms with Crippen LogP contribution in [0.1, 0.15) is 10.6 Å². The molecule has 0 N–H and O–H groups in total. The average molecular weight is 440 g/mol. The van der Waals surface area contributed by atoms with Crippen LogP contribution < -0.4 is 9.47 Å². The molecule has 0 spiro atoms. The summed E-state index contributed by atoms with van der Waals surface area (Å²) in [5, 5.41) is 3.08. The zero-order valence-electron chi connectivity index (χ0n) is 17.6. The maximum absolute atomic E-state index is 12.6. The van der Waals surface area contributed by atoms with E-state index in [4.69, 9.17) is 13.9 Å². The zero-order chi connectivity index (χ0) is 21.6. The second-order valence-electron chi connectivity index (χ2n) is 7.15. The standard InChI is InChI=1S/C23H25N3O4S/c1-28-20-7-5-17(14-21(20)29-2)6-8-23(27)26-11-9-25(10-12-26)15-22-24-18(16-31-22)19-4-3-13-30-19/h3-8,13-14,16H,9-12,15H2,1-2H3/b8-6+. The van der Waals surface area contributed by atoms with Crippen LogP contribution in [0.15, 0.2) is 52.5 Å². The van der Waals surface area contributed by atoms with Crippen LogP contribution in [0.5, 0.6) is 11.5 Å². The Morgan fingerprint density at radius 1 is 1.16 bits per heavy atom. The monoisotopic (exact) mass is 439 g/mol. The first-order chi connectivity index (χ1) is 15.2. The number of furan rings is 1. The SMILES string of the molecule is COc1ccc(/C=C/C(=O)N2CCN(Cc3nc(-c4ccco4)cs3)CC2)cc1OC. The molecule has 7 nitrogen and oxygen atoms in total. The van der Waals surface area contributed by atoms with Gasteiger partial charge in [-0.25, -0.2) is 4.98 Å². The van der Waals surface area contributed by atoms with Gasteiger partial charge in [-0.3, -0.25) is 9.69 Å². The molecule has 1 aromatic carbocycles. The molecule has 1 aliphatic rings. The number of aromatic nitrogens is 1. The highest BCUT2D eigenvalue weighted by Crippen LogP contribution is 2.28. The Kier molecular flexibility index (Phi) is 6.69. The molecule has 0 unspecified atom stereocenters. The zero-order valence-corrected chi connectivity index (χ0v) is 18.4. The molecule has 1 aliphatic heterocycles. The van der Waals surface area contributed by atoms with Crippen molar-refractivity contribution in [3.05, 3.63) is 58.6 Å². The van der Waals surface area contributed by atoms with Crippen LogP contribution >= 0.6 is 11.3 Å². The Hall–Kier alpha value is -3.10.